The van der Waals surface area contributed by atoms with Crippen LogP contribution in [0.4, 0.5) is 5.69 Å². The number of hydrogen-bond donors (Lipinski definition) is 1. The zero-order valence-corrected chi connectivity index (χ0v) is 18.5. The van der Waals surface area contributed by atoms with Gasteiger partial charge in [0.15, 0.2) is 11.5 Å². The fourth-order valence-electron chi connectivity index (χ4n) is 3.07. The molecule has 0 radical (unpaired) electrons. The molecule has 1 aliphatic rings. The van der Waals surface area contributed by atoms with E-state index in [4.69, 9.17) is 14.2 Å². The molecular formula is C19H24N2O7S2. The summed E-state index contributed by atoms with van der Waals surface area (Å²) in [6.07, 6.45) is 0. The largest absolute Gasteiger partial charge is 0.493 e. The van der Waals surface area contributed by atoms with E-state index in [9.17, 15) is 16.8 Å². The molecule has 0 spiro atoms. The SMILES string of the molecule is COc1ccc(S(=O)(=O)Nc2ccc(C)c(S(=O)(=O)N3CCOCC3)c2)cc1OC. The monoisotopic (exact) mass is 456 g/mol. The Morgan fingerprint density at radius 3 is 2.23 bits per heavy atom. The molecule has 164 valence electrons. The Kier molecular flexibility index (Phi) is 6.56. The van der Waals surface area contributed by atoms with Gasteiger partial charge in [-0.05, 0) is 36.8 Å². The molecule has 0 unspecified atom stereocenters. The summed E-state index contributed by atoms with van der Waals surface area (Å²) in [4.78, 5) is 0.00947. The Labute approximate surface area is 176 Å². The molecule has 0 saturated carbocycles. The van der Waals surface area contributed by atoms with Crippen molar-refractivity contribution in [2.75, 3.05) is 45.2 Å². The maximum atomic E-state index is 13.0. The number of rotatable bonds is 7. The molecule has 1 heterocycles. The molecule has 3 rings (SSSR count). The number of morpholine rings is 1. The zero-order valence-electron chi connectivity index (χ0n) is 16.9. The number of methoxy groups -OCH3 is 2. The van der Waals surface area contributed by atoms with E-state index < -0.39 is 20.0 Å². The van der Waals surface area contributed by atoms with Crippen LogP contribution >= 0.6 is 0 Å². The molecule has 0 atom stereocenters. The number of ether oxygens (including phenoxy) is 3. The predicted octanol–water partition coefficient (Wildman–Crippen LogP) is 1.83. The minimum Gasteiger partial charge on any atom is -0.493 e. The number of hydrogen-bond acceptors (Lipinski definition) is 7. The summed E-state index contributed by atoms with van der Waals surface area (Å²) in [6.45, 7) is 2.82. The number of nitrogens with zero attached hydrogens (tertiary/aromatic N) is 1. The van der Waals surface area contributed by atoms with Gasteiger partial charge in [-0.15, -0.1) is 0 Å². The molecule has 1 aliphatic heterocycles. The second kappa shape index (κ2) is 8.80. The van der Waals surface area contributed by atoms with Crippen molar-refractivity contribution >= 4 is 25.7 Å². The van der Waals surface area contributed by atoms with Crippen LogP contribution < -0.4 is 14.2 Å². The molecule has 0 amide bonds. The lowest BCUT2D eigenvalue weighted by Crippen LogP contribution is -2.40. The topological polar surface area (TPSA) is 111 Å². The number of anilines is 1. The average molecular weight is 457 g/mol. The van der Waals surface area contributed by atoms with Crippen molar-refractivity contribution in [2.24, 2.45) is 0 Å². The molecule has 0 aliphatic carbocycles. The van der Waals surface area contributed by atoms with Crippen molar-refractivity contribution in [3.8, 4) is 11.5 Å². The maximum absolute atomic E-state index is 13.0. The lowest BCUT2D eigenvalue weighted by Gasteiger charge is -2.27. The van der Waals surface area contributed by atoms with Gasteiger partial charge in [0, 0.05) is 19.2 Å². The van der Waals surface area contributed by atoms with Gasteiger partial charge in [-0.2, -0.15) is 4.31 Å². The van der Waals surface area contributed by atoms with Crippen molar-refractivity contribution in [1.82, 2.24) is 4.31 Å². The summed E-state index contributed by atoms with van der Waals surface area (Å²) in [7, 11) is -4.90. The quantitative estimate of drug-likeness (QED) is 0.677. The third-order valence-electron chi connectivity index (χ3n) is 4.69. The van der Waals surface area contributed by atoms with Crippen LogP contribution in [0.5, 0.6) is 11.5 Å². The Morgan fingerprint density at radius 1 is 0.933 bits per heavy atom. The molecule has 9 nitrogen and oxygen atoms in total. The average Bonchev–Trinajstić information content (AvgIpc) is 2.74. The first kappa shape index (κ1) is 22.3. The second-order valence-electron chi connectivity index (χ2n) is 6.62. The van der Waals surface area contributed by atoms with Crippen LogP contribution in [0.3, 0.4) is 0 Å². The Bertz CT molecular complexity index is 1130. The molecule has 30 heavy (non-hydrogen) atoms. The zero-order chi connectivity index (χ0) is 21.9. The highest BCUT2D eigenvalue weighted by molar-refractivity contribution is 7.92. The van der Waals surface area contributed by atoms with E-state index in [0.717, 1.165) is 0 Å². The van der Waals surface area contributed by atoms with E-state index in [1.165, 1.54) is 48.9 Å². The van der Waals surface area contributed by atoms with Crippen LogP contribution in [0.2, 0.25) is 0 Å². The van der Waals surface area contributed by atoms with Gasteiger partial charge >= 0.3 is 0 Å². The number of sulfonamides is 2. The van der Waals surface area contributed by atoms with Gasteiger partial charge in [0.05, 0.1) is 42.9 Å². The van der Waals surface area contributed by atoms with Gasteiger partial charge in [-0.3, -0.25) is 4.72 Å². The van der Waals surface area contributed by atoms with Crippen molar-refractivity contribution in [3.63, 3.8) is 0 Å². The third kappa shape index (κ3) is 4.53. The minimum absolute atomic E-state index is 0.0432. The van der Waals surface area contributed by atoms with Crippen molar-refractivity contribution in [2.45, 2.75) is 16.7 Å². The molecule has 1 fully saturated rings. The predicted molar refractivity (Wildman–Crippen MR) is 111 cm³/mol. The summed E-state index contributed by atoms with van der Waals surface area (Å²) in [5.41, 5.74) is 0.665. The van der Waals surface area contributed by atoms with E-state index in [1.54, 1.807) is 13.0 Å². The van der Waals surface area contributed by atoms with E-state index in [1.807, 2.05) is 0 Å². The fourth-order valence-corrected chi connectivity index (χ4v) is 5.79. The molecule has 1 saturated heterocycles. The van der Waals surface area contributed by atoms with E-state index in [0.29, 0.717) is 24.5 Å². The highest BCUT2D eigenvalue weighted by Gasteiger charge is 2.28. The fraction of sp³-hybridized carbons (Fsp3) is 0.368. The van der Waals surface area contributed by atoms with Gasteiger partial charge in [-0.1, -0.05) is 6.07 Å². The van der Waals surface area contributed by atoms with Crippen LogP contribution in [-0.2, 0) is 24.8 Å². The van der Waals surface area contributed by atoms with Gasteiger partial charge in [0.25, 0.3) is 10.0 Å². The first-order chi connectivity index (χ1) is 14.2. The van der Waals surface area contributed by atoms with Crippen LogP contribution in [0.15, 0.2) is 46.2 Å². The summed E-state index contributed by atoms with van der Waals surface area (Å²) < 4.78 is 71.0. The second-order valence-corrected chi connectivity index (χ2v) is 10.2. The molecule has 11 heteroatoms. The summed E-state index contributed by atoms with van der Waals surface area (Å²) in [5.74, 6) is 0.658. The van der Waals surface area contributed by atoms with E-state index in [-0.39, 0.29) is 34.3 Å². The standard InChI is InChI=1S/C19H24N2O7S2/c1-14-4-5-15(12-19(14)30(24,25)21-8-10-28-11-9-21)20-29(22,23)16-6-7-17(26-2)18(13-16)27-3/h4-7,12-13,20H,8-11H2,1-3H3. The van der Waals surface area contributed by atoms with Crippen LogP contribution in [0.25, 0.3) is 0 Å². The van der Waals surface area contributed by atoms with Crippen molar-refractivity contribution in [1.29, 1.82) is 0 Å². The summed E-state index contributed by atoms with van der Waals surface area (Å²) in [6, 6.07) is 8.62. The summed E-state index contributed by atoms with van der Waals surface area (Å²) in [5, 5.41) is 0. The number of aryl methyl sites for hydroxylation is 1. The van der Waals surface area contributed by atoms with Crippen LogP contribution in [0, 0.1) is 6.92 Å². The molecule has 0 bridgehead atoms. The minimum atomic E-state index is -3.98. The van der Waals surface area contributed by atoms with Gasteiger partial charge in [0.2, 0.25) is 10.0 Å². The summed E-state index contributed by atoms with van der Waals surface area (Å²) >= 11 is 0. The maximum Gasteiger partial charge on any atom is 0.262 e. The first-order valence-electron chi connectivity index (χ1n) is 9.12. The van der Waals surface area contributed by atoms with Crippen LogP contribution in [0.1, 0.15) is 5.56 Å². The molecule has 0 aromatic heterocycles. The third-order valence-corrected chi connectivity index (χ3v) is 8.11. The van der Waals surface area contributed by atoms with E-state index >= 15 is 0 Å². The van der Waals surface area contributed by atoms with Gasteiger partial charge in [0.1, 0.15) is 0 Å². The van der Waals surface area contributed by atoms with Crippen LogP contribution in [-0.4, -0.2) is 61.7 Å². The first-order valence-corrected chi connectivity index (χ1v) is 12.0. The smallest absolute Gasteiger partial charge is 0.262 e. The Morgan fingerprint density at radius 2 is 1.60 bits per heavy atom. The molecule has 2 aromatic rings. The lowest BCUT2D eigenvalue weighted by molar-refractivity contribution is 0.0730. The Balaban J connectivity index is 1.93. The molecule has 2 aromatic carbocycles. The van der Waals surface area contributed by atoms with Crippen molar-refractivity contribution in [3.05, 3.63) is 42.0 Å². The number of benzene rings is 2. The van der Waals surface area contributed by atoms with E-state index in [2.05, 4.69) is 4.72 Å². The number of nitrogens with one attached hydrogen (secondary N) is 1. The normalized spacial score (nSPS) is 15.6. The Hall–Kier alpha value is -2.34. The van der Waals surface area contributed by atoms with Gasteiger partial charge < -0.3 is 14.2 Å². The molecule has 1 N–H and O–H groups in total. The highest BCUT2D eigenvalue weighted by atomic mass is 32.2. The lowest BCUT2D eigenvalue weighted by atomic mass is 10.2. The van der Waals surface area contributed by atoms with Crippen molar-refractivity contribution < 1.29 is 31.0 Å². The highest BCUT2D eigenvalue weighted by Crippen LogP contribution is 2.31. The molecular weight excluding hydrogens is 432 g/mol. The van der Waals surface area contributed by atoms with Gasteiger partial charge in [-0.25, -0.2) is 16.8 Å².